The van der Waals surface area contributed by atoms with E-state index in [2.05, 4.69) is 41.5 Å². The van der Waals surface area contributed by atoms with Gasteiger partial charge in [-0.25, -0.2) is 9.13 Å². The molecule has 17 nitrogen and oxygen atoms in total. The second kappa shape index (κ2) is 70.7. The number of hydrogen-bond acceptors (Lipinski definition) is 15. The van der Waals surface area contributed by atoms with Crippen LogP contribution in [0.4, 0.5) is 0 Å². The Hall–Kier alpha value is -1.94. The molecule has 0 aromatic rings. The Bertz CT molecular complexity index is 1890. The van der Waals surface area contributed by atoms with E-state index in [1.807, 2.05) is 0 Å². The minimum Gasteiger partial charge on any atom is -0.462 e. The fourth-order valence-corrected chi connectivity index (χ4v) is 13.8. The van der Waals surface area contributed by atoms with E-state index in [1.165, 1.54) is 225 Å². The van der Waals surface area contributed by atoms with E-state index >= 15 is 0 Å². The van der Waals surface area contributed by atoms with E-state index in [1.54, 1.807) is 0 Å². The molecule has 0 saturated carbocycles. The number of esters is 4. The van der Waals surface area contributed by atoms with Gasteiger partial charge in [-0.1, -0.05) is 363 Å². The Morgan fingerprint density at radius 2 is 0.469 bits per heavy atom. The third-order valence-electron chi connectivity index (χ3n) is 18.5. The summed E-state index contributed by atoms with van der Waals surface area (Å²) in [5.74, 6) is -0.482. The smallest absolute Gasteiger partial charge is 0.462 e. The molecule has 3 N–H and O–H groups in total. The van der Waals surface area contributed by atoms with Crippen molar-refractivity contribution in [2.75, 3.05) is 39.6 Å². The maximum Gasteiger partial charge on any atom is 0.472 e. The molecule has 0 aliphatic rings. The van der Waals surface area contributed by atoms with Gasteiger partial charge in [0, 0.05) is 25.7 Å². The van der Waals surface area contributed by atoms with Gasteiger partial charge in [0.2, 0.25) is 0 Å². The molecule has 0 amide bonds. The number of rotatable bonds is 78. The van der Waals surface area contributed by atoms with Gasteiger partial charge in [0.05, 0.1) is 26.4 Å². The number of phosphoric acid groups is 2. The molecule has 0 fully saturated rings. The fraction of sp³-hybridized carbons (Fsp3) is 0.949. The molecular formula is C79H154O17P2. The zero-order valence-corrected chi connectivity index (χ0v) is 65.9. The topological polar surface area (TPSA) is 237 Å². The molecule has 0 aromatic carbocycles. The first-order valence-corrected chi connectivity index (χ1v) is 44.0. The van der Waals surface area contributed by atoms with Crippen molar-refractivity contribution in [3.8, 4) is 0 Å². The highest BCUT2D eigenvalue weighted by Crippen LogP contribution is 2.45. The third kappa shape index (κ3) is 72.4. The van der Waals surface area contributed by atoms with Crippen LogP contribution in [0.3, 0.4) is 0 Å². The zero-order chi connectivity index (χ0) is 72.1. The van der Waals surface area contributed by atoms with E-state index < -0.39 is 97.5 Å². The predicted octanol–water partition coefficient (Wildman–Crippen LogP) is 23.5. The van der Waals surface area contributed by atoms with Crippen molar-refractivity contribution in [3.63, 3.8) is 0 Å². The molecule has 0 bridgehead atoms. The van der Waals surface area contributed by atoms with E-state index in [4.69, 9.17) is 37.0 Å². The van der Waals surface area contributed by atoms with Crippen molar-refractivity contribution in [2.24, 2.45) is 11.8 Å². The van der Waals surface area contributed by atoms with Crippen molar-refractivity contribution in [2.45, 2.75) is 432 Å². The zero-order valence-electron chi connectivity index (χ0n) is 64.1. The van der Waals surface area contributed by atoms with E-state index in [9.17, 15) is 43.2 Å². The monoisotopic (exact) mass is 1440 g/mol. The number of hydrogen-bond donors (Lipinski definition) is 3. The van der Waals surface area contributed by atoms with Crippen LogP contribution in [-0.4, -0.2) is 96.7 Å². The molecule has 0 saturated heterocycles. The van der Waals surface area contributed by atoms with Crippen LogP contribution in [0.1, 0.15) is 414 Å². The Morgan fingerprint density at radius 3 is 0.694 bits per heavy atom. The number of ether oxygens (including phenoxy) is 4. The summed E-state index contributed by atoms with van der Waals surface area (Å²) in [6, 6.07) is 0. The lowest BCUT2D eigenvalue weighted by Crippen LogP contribution is -2.30. The molecule has 5 atom stereocenters. The van der Waals surface area contributed by atoms with Crippen LogP contribution in [0, 0.1) is 11.8 Å². The number of unbranched alkanes of at least 4 members (excludes halogenated alkanes) is 48. The SMILES string of the molecule is CCCCCCCCCCCCC(=O)O[C@H](COC(=O)CCCCCCCCCC)COP(=O)(O)OC[C@H](O)COP(=O)(O)OC[C@@H](COC(=O)CCCCCCCCCCCCCCCCCCC(C)C)OC(=O)CCCCCCCCCCCCCCCCCCCCC(C)C. The predicted molar refractivity (Wildman–Crippen MR) is 400 cm³/mol. The second-order valence-corrected chi connectivity index (χ2v) is 32.3. The summed E-state index contributed by atoms with van der Waals surface area (Å²) in [6.07, 6.45) is 59.8. The number of carbonyl (C=O) groups excluding carboxylic acids is 4. The number of aliphatic hydroxyl groups excluding tert-OH is 1. The standard InChI is InChI=1S/C79H154O17P2/c1-7-9-11-13-15-17-38-45-51-57-63-78(83)95-74(67-89-76(81)61-55-49-43-16-14-12-10-8-2)69-93-97(85,86)91-65-73(80)66-92-98(87,88)94-70-75(68-90-77(82)62-56-50-44-39-34-30-26-23-22-25-29-33-37-42-48-54-60-72(5)6)96-79(84)64-58-52-46-40-35-31-27-21-19-18-20-24-28-32-36-41-47-53-59-71(3)4/h71-75,80H,7-70H2,1-6H3,(H,85,86)(H,87,88)/t73-,74+,75+/m0/s1. The summed E-state index contributed by atoms with van der Waals surface area (Å²) in [6.45, 7) is 9.65. The van der Waals surface area contributed by atoms with Gasteiger partial charge < -0.3 is 33.8 Å². The summed E-state index contributed by atoms with van der Waals surface area (Å²) >= 11 is 0. The quantitative estimate of drug-likeness (QED) is 0.0222. The van der Waals surface area contributed by atoms with Crippen LogP contribution < -0.4 is 0 Å². The Labute approximate surface area is 600 Å². The van der Waals surface area contributed by atoms with Crippen LogP contribution in [0.2, 0.25) is 0 Å². The van der Waals surface area contributed by atoms with Gasteiger partial charge in [0.15, 0.2) is 12.2 Å². The summed E-state index contributed by atoms with van der Waals surface area (Å²) in [7, 11) is -9.91. The van der Waals surface area contributed by atoms with Crippen LogP contribution in [0.5, 0.6) is 0 Å². The number of aliphatic hydroxyl groups is 1. The first kappa shape index (κ1) is 96.1. The highest BCUT2D eigenvalue weighted by molar-refractivity contribution is 7.47. The molecule has 0 radical (unpaired) electrons. The van der Waals surface area contributed by atoms with E-state index in [0.717, 1.165) is 108 Å². The van der Waals surface area contributed by atoms with Crippen LogP contribution >= 0.6 is 15.6 Å². The molecular weight excluding hydrogens is 1280 g/mol. The van der Waals surface area contributed by atoms with Crippen molar-refractivity contribution in [1.82, 2.24) is 0 Å². The minimum atomic E-state index is -4.96. The van der Waals surface area contributed by atoms with Gasteiger partial charge in [-0.2, -0.15) is 0 Å². The maximum absolute atomic E-state index is 13.1. The molecule has 0 aliphatic carbocycles. The van der Waals surface area contributed by atoms with Crippen molar-refractivity contribution >= 4 is 39.5 Å². The molecule has 98 heavy (non-hydrogen) atoms. The number of phosphoric ester groups is 2. The second-order valence-electron chi connectivity index (χ2n) is 29.4. The molecule has 0 spiro atoms. The average molecular weight is 1440 g/mol. The first-order valence-electron chi connectivity index (χ1n) is 41.0. The summed E-state index contributed by atoms with van der Waals surface area (Å²) in [5, 5.41) is 10.6. The van der Waals surface area contributed by atoms with E-state index in [0.29, 0.717) is 25.7 Å². The Balaban J connectivity index is 5.16. The highest BCUT2D eigenvalue weighted by Gasteiger charge is 2.30. The van der Waals surface area contributed by atoms with Gasteiger partial charge in [-0.15, -0.1) is 0 Å². The van der Waals surface area contributed by atoms with Crippen molar-refractivity contribution < 1.29 is 80.2 Å². The van der Waals surface area contributed by atoms with Crippen LogP contribution in [-0.2, 0) is 65.4 Å². The molecule has 2 unspecified atom stereocenters. The molecule has 0 aliphatic heterocycles. The van der Waals surface area contributed by atoms with Crippen LogP contribution in [0.25, 0.3) is 0 Å². The fourth-order valence-electron chi connectivity index (χ4n) is 12.2. The van der Waals surface area contributed by atoms with Gasteiger partial charge in [0.25, 0.3) is 0 Å². The third-order valence-corrected chi connectivity index (χ3v) is 20.4. The molecule has 19 heteroatoms. The van der Waals surface area contributed by atoms with Crippen LogP contribution in [0.15, 0.2) is 0 Å². The maximum atomic E-state index is 13.1. The number of carbonyl (C=O) groups is 4. The normalized spacial score (nSPS) is 13.9. The Kier molecular flexibility index (Phi) is 69.3. The first-order chi connectivity index (χ1) is 47.4. The molecule has 0 heterocycles. The summed E-state index contributed by atoms with van der Waals surface area (Å²) in [4.78, 5) is 72.7. The van der Waals surface area contributed by atoms with Crippen molar-refractivity contribution in [1.29, 1.82) is 0 Å². The average Bonchev–Trinajstić information content (AvgIpc) is 0.990. The lowest BCUT2D eigenvalue weighted by atomic mass is 10.0. The molecule has 582 valence electrons. The van der Waals surface area contributed by atoms with Gasteiger partial charge in [-0.3, -0.25) is 37.3 Å². The van der Waals surface area contributed by atoms with Gasteiger partial charge >= 0.3 is 39.5 Å². The van der Waals surface area contributed by atoms with E-state index in [-0.39, 0.29) is 25.7 Å². The van der Waals surface area contributed by atoms with Crippen molar-refractivity contribution in [3.05, 3.63) is 0 Å². The summed E-state index contributed by atoms with van der Waals surface area (Å²) in [5.41, 5.74) is 0. The lowest BCUT2D eigenvalue weighted by Gasteiger charge is -2.21. The minimum absolute atomic E-state index is 0.106. The largest absolute Gasteiger partial charge is 0.472 e. The summed E-state index contributed by atoms with van der Waals surface area (Å²) < 4.78 is 68.5. The van der Waals surface area contributed by atoms with Gasteiger partial charge in [-0.05, 0) is 37.5 Å². The molecule has 0 rings (SSSR count). The molecule has 0 aromatic heterocycles. The Morgan fingerprint density at radius 1 is 0.276 bits per heavy atom. The lowest BCUT2D eigenvalue weighted by molar-refractivity contribution is -0.161. The highest BCUT2D eigenvalue weighted by atomic mass is 31.2. The van der Waals surface area contributed by atoms with Gasteiger partial charge in [0.1, 0.15) is 19.3 Å².